The molecule has 0 bridgehead atoms. The van der Waals surface area contributed by atoms with Crippen molar-refractivity contribution in [3.05, 3.63) is 48.5 Å². The van der Waals surface area contributed by atoms with E-state index in [9.17, 15) is 4.39 Å². The van der Waals surface area contributed by atoms with Crippen LogP contribution in [0, 0.1) is 5.82 Å². The lowest BCUT2D eigenvalue weighted by Crippen LogP contribution is -2.43. The van der Waals surface area contributed by atoms with Crippen LogP contribution in [-0.2, 0) is 0 Å². The number of H-pyrrole nitrogens is 1. The van der Waals surface area contributed by atoms with Crippen LogP contribution >= 0.6 is 0 Å². The molecule has 4 heterocycles. The highest BCUT2D eigenvalue weighted by Crippen LogP contribution is 2.27. The molecule has 4 N–H and O–H groups in total. The number of fused-ring (bicyclic) bond motifs is 1. The monoisotopic (exact) mass is 390 g/mol. The van der Waals surface area contributed by atoms with Crippen molar-refractivity contribution in [2.45, 2.75) is 0 Å². The molecule has 3 aromatic heterocycles. The third kappa shape index (κ3) is 3.36. The molecular formula is C20H19FN8. The number of anilines is 2. The second-order valence-electron chi connectivity index (χ2n) is 6.88. The maximum absolute atomic E-state index is 13.5. The summed E-state index contributed by atoms with van der Waals surface area (Å²) >= 11 is 0. The molecule has 5 rings (SSSR count). The number of hydrogen-bond donors (Lipinski definition) is 3. The Morgan fingerprint density at radius 2 is 1.90 bits per heavy atom. The first kappa shape index (κ1) is 17.5. The molecular weight excluding hydrogens is 371 g/mol. The zero-order chi connectivity index (χ0) is 19.8. The van der Waals surface area contributed by atoms with Gasteiger partial charge in [-0.05, 0) is 24.3 Å². The predicted octanol–water partition coefficient (Wildman–Crippen LogP) is 2.21. The van der Waals surface area contributed by atoms with Crippen LogP contribution in [0.5, 0.6) is 0 Å². The van der Waals surface area contributed by atoms with Gasteiger partial charge in [-0.25, -0.2) is 24.3 Å². The summed E-state index contributed by atoms with van der Waals surface area (Å²) in [6.45, 7) is 3.68. The molecule has 1 aromatic carbocycles. The highest BCUT2D eigenvalue weighted by atomic mass is 19.1. The standard InChI is InChI=1S/C20H19FN8/c21-13-1-2-14-15(10-13)28-20(27-14)18-19(22)25-11-16(26-18)12-3-4-24-17(9-12)29-7-5-23-6-8-29/h1-4,9-11,23H,5-8H2,(H2,22,25)(H,27,28). The molecule has 0 unspecified atom stereocenters. The smallest absolute Gasteiger partial charge is 0.161 e. The maximum Gasteiger partial charge on any atom is 0.161 e. The SMILES string of the molecule is Nc1ncc(-c2ccnc(N3CCNCC3)c2)nc1-c1nc2cc(F)ccc2[nH]1. The minimum atomic E-state index is -0.347. The van der Waals surface area contributed by atoms with Gasteiger partial charge in [0.2, 0.25) is 0 Å². The van der Waals surface area contributed by atoms with E-state index in [0.29, 0.717) is 28.2 Å². The van der Waals surface area contributed by atoms with Gasteiger partial charge < -0.3 is 20.9 Å². The van der Waals surface area contributed by atoms with Gasteiger partial charge in [-0.1, -0.05) is 0 Å². The zero-order valence-electron chi connectivity index (χ0n) is 15.6. The maximum atomic E-state index is 13.5. The predicted molar refractivity (Wildman–Crippen MR) is 110 cm³/mol. The van der Waals surface area contributed by atoms with Crippen molar-refractivity contribution >= 4 is 22.7 Å². The Morgan fingerprint density at radius 1 is 1.03 bits per heavy atom. The Kier molecular flexibility index (Phi) is 4.28. The Bertz CT molecular complexity index is 1180. The van der Waals surface area contributed by atoms with Crippen LogP contribution in [0.1, 0.15) is 0 Å². The van der Waals surface area contributed by atoms with Crippen LogP contribution < -0.4 is 16.0 Å². The Hall–Kier alpha value is -3.59. The van der Waals surface area contributed by atoms with Gasteiger partial charge in [-0.15, -0.1) is 0 Å². The Balaban J connectivity index is 1.53. The minimum Gasteiger partial charge on any atom is -0.382 e. The molecule has 0 aliphatic carbocycles. The number of nitrogen functional groups attached to an aromatic ring is 1. The van der Waals surface area contributed by atoms with E-state index >= 15 is 0 Å². The summed E-state index contributed by atoms with van der Waals surface area (Å²) < 4.78 is 13.5. The van der Waals surface area contributed by atoms with E-state index in [0.717, 1.165) is 37.6 Å². The number of nitrogens with one attached hydrogen (secondary N) is 2. The fourth-order valence-corrected chi connectivity index (χ4v) is 3.45. The number of piperazine rings is 1. The van der Waals surface area contributed by atoms with Crippen molar-refractivity contribution in [2.75, 3.05) is 36.8 Å². The van der Waals surface area contributed by atoms with E-state index in [-0.39, 0.29) is 11.6 Å². The molecule has 0 spiro atoms. The summed E-state index contributed by atoms with van der Waals surface area (Å²) in [7, 11) is 0. The first-order chi connectivity index (χ1) is 14.2. The first-order valence-electron chi connectivity index (χ1n) is 9.37. The number of nitrogens with two attached hydrogens (primary N) is 1. The van der Waals surface area contributed by atoms with Gasteiger partial charge >= 0.3 is 0 Å². The van der Waals surface area contributed by atoms with Crippen LogP contribution in [0.15, 0.2) is 42.7 Å². The van der Waals surface area contributed by atoms with Crippen LogP contribution in [0.25, 0.3) is 33.8 Å². The number of imidazole rings is 1. The third-order valence-electron chi connectivity index (χ3n) is 4.95. The average molecular weight is 390 g/mol. The number of pyridine rings is 1. The van der Waals surface area contributed by atoms with E-state index in [1.165, 1.54) is 12.1 Å². The van der Waals surface area contributed by atoms with Crippen LogP contribution in [0.2, 0.25) is 0 Å². The molecule has 0 atom stereocenters. The van der Waals surface area contributed by atoms with Crippen LogP contribution in [0.4, 0.5) is 16.0 Å². The molecule has 9 heteroatoms. The van der Waals surface area contributed by atoms with Crippen molar-refractivity contribution in [2.24, 2.45) is 0 Å². The lowest BCUT2D eigenvalue weighted by molar-refractivity contribution is 0.585. The molecule has 1 saturated heterocycles. The van der Waals surface area contributed by atoms with Crippen molar-refractivity contribution in [3.63, 3.8) is 0 Å². The molecule has 1 fully saturated rings. The summed E-state index contributed by atoms with van der Waals surface area (Å²) in [6.07, 6.45) is 3.41. The number of nitrogens with zero attached hydrogens (tertiary/aromatic N) is 5. The highest BCUT2D eigenvalue weighted by molar-refractivity contribution is 5.81. The fraction of sp³-hybridized carbons (Fsp3) is 0.200. The number of rotatable bonds is 3. The van der Waals surface area contributed by atoms with Crippen LogP contribution in [0.3, 0.4) is 0 Å². The third-order valence-corrected chi connectivity index (χ3v) is 4.95. The lowest BCUT2D eigenvalue weighted by atomic mass is 10.2. The zero-order valence-corrected chi connectivity index (χ0v) is 15.6. The summed E-state index contributed by atoms with van der Waals surface area (Å²) in [4.78, 5) is 23.3. The molecule has 1 aliphatic rings. The summed E-state index contributed by atoms with van der Waals surface area (Å²) in [5.41, 5.74) is 9.27. The van der Waals surface area contributed by atoms with E-state index in [1.54, 1.807) is 18.5 Å². The molecule has 8 nitrogen and oxygen atoms in total. The average Bonchev–Trinajstić information content (AvgIpc) is 3.18. The molecule has 0 amide bonds. The second kappa shape index (κ2) is 7.10. The molecule has 1 aliphatic heterocycles. The van der Waals surface area contributed by atoms with Crippen molar-refractivity contribution < 1.29 is 4.39 Å². The normalized spacial score (nSPS) is 14.4. The first-order valence-corrected chi connectivity index (χ1v) is 9.37. The van der Waals surface area contributed by atoms with Gasteiger partial charge in [0.1, 0.15) is 17.3 Å². The summed E-state index contributed by atoms with van der Waals surface area (Å²) in [5.74, 6) is 1.27. The topological polar surface area (TPSA) is 109 Å². The Morgan fingerprint density at radius 3 is 2.76 bits per heavy atom. The molecule has 146 valence electrons. The van der Waals surface area contributed by atoms with Crippen LogP contribution in [-0.4, -0.2) is 51.1 Å². The van der Waals surface area contributed by atoms with Gasteiger partial charge in [-0.2, -0.15) is 0 Å². The van der Waals surface area contributed by atoms with E-state index < -0.39 is 0 Å². The van der Waals surface area contributed by atoms with E-state index in [2.05, 4.69) is 35.1 Å². The summed E-state index contributed by atoms with van der Waals surface area (Å²) in [6, 6.07) is 8.28. The van der Waals surface area contributed by atoms with Gasteiger partial charge in [0.25, 0.3) is 0 Å². The minimum absolute atomic E-state index is 0.254. The van der Waals surface area contributed by atoms with Gasteiger partial charge in [0, 0.05) is 44.0 Å². The quantitative estimate of drug-likeness (QED) is 0.492. The molecule has 29 heavy (non-hydrogen) atoms. The second-order valence-corrected chi connectivity index (χ2v) is 6.88. The van der Waals surface area contributed by atoms with Crippen molar-refractivity contribution in [1.82, 2.24) is 30.2 Å². The van der Waals surface area contributed by atoms with Crippen molar-refractivity contribution in [3.8, 4) is 22.8 Å². The fourth-order valence-electron chi connectivity index (χ4n) is 3.45. The number of halogens is 1. The largest absolute Gasteiger partial charge is 0.382 e. The van der Waals surface area contributed by atoms with E-state index in [1.807, 2.05) is 12.1 Å². The van der Waals surface area contributed by atoms with Gasteiger partial charge in [-0.3, -0.25) is 0 Å². The molecule has 0 saturated carbocycles. The number of aromatic nitrogens is 5. The van der Waals surface area contributed by atoms with E-state index in [4.69, 9.17) is 5.73 Å². The highest BCUT2D eigenvalue weighted by Gasteiger charge is 2.16. The van der Waals surface area contributed by atoms with Gasteiger partial charge in [0.05, 0.1) is 22.9 Å². The molecule has 0 radical (unpaired) electrons. The number of benzene rings is 1. The van der Waals surface area contributed by atoms with Crippen molar-refractivity contribution in [1.29, 1.82) is 0 Å². The molecule has 4 aromatic rings. The number of aromatic amines is 1. The lowest BCUT2D eigenvalue weighted by Gasteiger charge is -2.28. The summed E-state index contributed by atoms with van der Waals surface area (Å²) in [5, 5.41) is 3.34. The Labute approximate surface area is 166 Å². The number of hydrogen-bond acceptors (Lipinski definition) is 7. The van der Waals surface area contributed by atoms with Gasteiger partial charge in [0.15, 0.2) is 11.6 Å².